The van der Waals surface area contributed by atoms with Gasteiger partial charge in [-0.3, -0.25) is 9.59 Å². The maximum Gasteiger partial charge on any atom is 0.243 e. The molecule has 2 aromatic rings. The predicted molar refractivity (Wildman–Crippen MR) is 133 cm³/mol. The van der Waals surface area contributed by atoms with Crippen molar-refractivity contribution in [3.8, 4) is 0 Å². The van der Waals surface area contributed by atoms with Gasteiger partial charge in [-0.05, 0) is 64.4 Å². The molecule has 0 bridgehead atoms. The van der Waals surface area contributed by atoms with Crippen LogP contribution in [-0.2, 0) is 26.2 Å². The predicted octanol–water partition coefficient (Wildman–Crippen LogP) is 3.71. The van der Waals surface area contributed by atoms with Gasteiger partial charge in [-0.25, -0.2) is 8.42 Å². The van der Waals surface area contributed by atoms with Gasteiger partial charge < -0.3 is 10.2 Å². The summed E-state index contributed by atoms with van der Waals surface area (Å²) in [7, 11) is -2.49. The van der Waals surface area contributed by atoms with Crippen LogP contribution in [-0.4, -0.2) is 54.6 Å². The molecule has 9 heteroatoms. The molecule has 0 spiro atoms. The number of amides is 2. The van der Waals surface area contributed by atoms with Gasteiger partial charge in [-0.2, -0.15) is 4.31 Å². The molecule has 2 amide bonds. The van der Waals surface area contributed by atoms with Crippen molar-refractivity contribution in [2.75, 3.05) is 13.6 Å². The number of halogens is 1. The Labute approximate surface area is 205 Å². The van der Waals surface area contributed by atoms with Crippen molar-refractivity contribution >= 4 is 37.8 Å². The normalized spacial score (nSPS) is 13.0. The van der Waals surface area contributed by atoms with Crippen LogP contribution in [0, 0.1) is 6.92 Å². The summed E-state index contributed by atoms with van der Waals surface area (Å²) in [4.78, 5) is 27.7. The second-order valence-corrected chi connectivity index (χ2v) is 12.1. The van der Waals surface area contributed by atoms with E-state index in [1.54, 1.807) is 19.1 Å². The Morgan fingerprint density at radius 2 is 1.58 bits per heavy atom. The Morgan fingerprint density at radius 1 is 1.03 bits per heavy atom. The highest BCUT2D eigenvalue weighted by molar-refractivity contribution is 9.10. The zero-order chi connectivity index (χ0) is 25.0. The third-order valence-electron chi connectivity index (χ3n) is 5.02. The van der Waals surface area contributed by atoms with Crippen LogP contribution < -0.4 is 5.32 Å². The minimum atomic E-state index is -3.86. The zero-order valence-electron chi connectivity index (χ0n) is 19.9. The Kier molecular flexibility index (Phi) is 8.84. The molecule has 0 radical (unpaired) electrons. The highest BCUT2D eigenvalue weighted by Gasteiger charge is 2.31. The number of carbonyl (C=O) groups excluding carboxylic acids is 2. The van der Waals surface area contributed by atoms with Crippen molar-refractivity contribution in [2.45, 2.75) is 57.6 Å². The Morgan fingerprint density at radius 3 is 2.09 bits per heavy atom. The van der Waals surface area contributed by atoms with E-state index in [0.717, 1.165) is 19.9 Å². The van der Waals surface area contributed by atoms with Crippen molar-refractivity contribution in [3.63, 3.8) is 0 Å². The SMILES string of the molecule is Cc1ccc(S(=O)(=O)N(C)CC(=O)N(Cc2ccc(Br)cc2)C(C)C(=O)NC(C)(C)C)cc1. The van der Waals surface area contributed by atoms with Crippen molar-refractivity contribution in [1.82, 2.24) is 14.5 Å². The fraction of sp³-hybridized carbons (Fsp3) is 0.417. The standard InChI is InChI=1S/C24H32BrN3O4S/c1-17-7-13-21(14-8-17)33(31,32)27(6)16-22(29)28(15-19-9-11-20(25)12-10-19)18(2)23(30)26-24(3,4)5/h7-14,18H,15-16H2,1-6H3,(H,26,30). The number of nitrogens with zero attached hydrogens (tertiary/aromatic N) is 2. The molecule has 1 unspecified atom stereocenters. The summed E-state index contributed by atoms with van der Waals surface area (Å²) in [6.07, 6.45) is 0. The molecule has 0 aliphatic heterocycles. The zero-order valence-corrected chi connectivity index (χ0v) is 22.3. The number of carbonyl (C=O) groups is 2. The van der Waals surface area contributed by atoms with Gasteiger partial charge in [-0.15, -0.1) is 0 Å². The second-order valence-electron chi connectivity index (χ2n) is 9.14. The Hall–Kier alpha value is -2.23. The summed E-state index contributed by atoms with van der Waals surface area (Å²) in [5.41, 5.74) is 1.29. The van der Waals surface area contributed by atoms with Crippen molar-refractivity contribution in [1.29, 1.82) is 0 Å². The number of hydrogen-bond acceptors (Lipinski definition) is 4. The number of hydrogen-bond donors (Lipinski definition) is 1. The molecule has 2 aromatic carbocycles. The fourth-order valence-corrected chi connectivity index (χ4v) is 4.48. The number of rotatable bonds is 8. The van der Waals surface area contributed by atoms with Crippen LogP contribution in [0.2, 0.25) is 0 Å². The minimum Gasteiger partial charge on any atom is -0.350 e. The monoisotopic (exact) mass is 537 g/mol. The molecule has 2 rings (SSSR count). The third-order valence-corrected chi connectivity index (χ3v) is 7.37. The second kappa shape index (κ2) is 10.8. The molecule has 1 atom stereocenters. The van der Waals surface area contributed by atoms with Crippen LogP contribution in [0.3, 0.4) is 0 Å². The van der Waals surface area contributed by atoms with Crippen LogP contribution in [0.4, 0.5) is 0 Å². The van der Waals surface area contributed by atoms with E-state index in [2.05, 4.69) is 21.2 Å². The molecule has 7 nitrogen and oxygen atoms in total. The molecule has 0 aliphatic rings. The lowest BCUT2D eigenvalue weighted by Gasteiger charge is -2.32. The van der Waals surface area contributed by atoms with Gasteiger partial charge in [0.05, 0.1) is 11.4 Å². The van der Waals surface area contributed by atoms with Gasteiger partial charge in [0, 0.05) is 23.6 Å². The first kappa shape index (κ1) is 27.0. The number of benzene rings is 2. The molecule has 0 aliphatic carbocycles. The minimum absolute atomic E-state index is 0.112. The van der Waals surface area contributed by atoms with E-state index in [0.29, 0.717) is 0 Å². The molecule has 0 saturated carbocycles. The lowest BCUT2D eigenvalue weighted by Crippen LogP contribution is -2.54. The molecule has 0 aromatic heterocycles. The van der Waals surface area contributed by atoms with E-state index in [1.807, 2.05) is 52.0 Å². The number of sulfonamides is 1. The van der Waals surface area contributed by atoms with Gasteiger partial charge in [0.15, 0.2) is 0 Å². The van der Waals surface area contributed by atoms with Gasteiger partial charge in [0.25, 0.3) is 0 Å². The fourth-order valence-electron chi connectivity index (χ4n) is 3.10. The molecular formula is C24H32BrN3O4S. The number of aryl methyl sites for hydroxylation is 1. The smallest absolute Gasteiger partial charge is 0.243 e. The molecular weight excluding hydrogens is 506 g/mol. The van der Waals surface area contributed by atoms with E-state index < -0.39 is 27.5 Å². The van der Waals surface area contributed by atoms with Crippen LogP contribution >= 0.6 is 15.9 Å². The molecule has 0 fully saturated rings. The van der Waals surface area contributed by atoms with E-state index in [1.165, 1.54) is 24.1 Å². The van der Waals surface area contributed by atoms with E-state index in [4.69, 9.17) is 0 Å². The summed E-state index contributed by atoms with van der Waals surface area (Å²) < 4.78 is 27.8. The van der Waals surface area contributed by atoms with Gasteiger partial charge in [0.2, 0.25) is 21.8 Å². The summed E-state index contributed by atoms with van der Waals surface area (Å²) in [6.45, 7) is 8.88. The summed E-state index contributed by atoms with van der Waals surface area (Å²) in [5.74, 6) is -0.773. The largest absolute Gasteiger partial charge is 0.350 e. The molecule has 0 saturated heterocycles. The van der Waals surface area contributed by atoms with E-state index >= 15 is 0 Å². The topological polar surface area (TPSA) is 86.8 Å². The van der Waals surface area contributed by atoms with Crippen molar-refractivity contribution in [3.05, 3.63) is 64.1 Å². The van der Waals surface area contributed by atoms with Crippen molar-refractivity contribution < 1.29 is 18.0 Å². The van der Waals surface area contributed by atoms with Crippen LogP contribution in [0.1, 0.15) is 38.8 Å². The first-order valence-corrected chi connectivity index (χ1v) is 12.8. The molecule has 0 heterocycles. The van der Waals surface area contributed by atoms with Crippen LogP contribution in [0.25, 0.3) is 0 Å². The van der Waals surface area contributed by atoms with Crippen LogP contribution in [0.5, 0.6) is 0 Å². The average molecular weight is 539 g/mol. The maximum atomic E-state index is 13.3. The van der Waals surface area contributed by atoms with E-state index in [9.17, 15) is 18.0 Å². The maximum absolute atomic E-state index is 13.3. The molecule has 1 N–H and O–H groups in total. The number of likely N-dealkylation sites (N-methyl/N-ethyl adjacent to an activating group) is 1. The quantitative estimate of drug-likeness (QED) is 0.556. The Bertz CT molecular complexity index is 1080. The summed E-state index contributed by atoms with van der Waals surface area (Å²) in [5, 5.41) is 2.89. The Balaban J connectivity index is 2.28. The number of nitrogens with one attached hydrogen (secondary N) is 1. The first-order valence-electron chi connectivity index (χ1n) is 10.6. The molecule has 180 valence electrons. The third kappa shape index (κ3) is 7.65. The van der Waals surface area contributed by atoms with E-state index in [-0.39, 0.29) is 23.9 Å². The van der Waals surface area contributed by atoms with Crippen LogP contribution in [0.15, 0.2) is 57.9 Å². The lowest BCUT2D eigenvalue weighted by molar-refractivity contribution is -0.141. The van der Waals surface area contributed by atoms with Gasteiger partial charge in [0.1, 0.15) is 6.04 Å². The average Bonchev–Trinajstić information content (AvgIpc) is 2.71. The first-order chi connectivity index (χ1) is 15.2. The highest BCUT2D eigenvalue weighted by atomic mass is 79.9. The highest BCUT2D eigenvalue weighted by Crippen LogP contribution is 2.18. The molecule has 33 heavy (non-hydrogen) atoms. The summed E-state index contributed by atoms with van der Waals surface area (Å²) >= 11 is 3.39. The van der Waals surface area contributed by atoms with Crippen molar-refractivity contribution in [2.24, 2.45) is 0 Å². The van der Waals surface area contributed by atoms with Gasteiger partial charge >= 0.3 is 0 Å². The van der Waals surface area contributed by atoms with Gasteiger partial charge in [-0.1, -0.05) is 45.8 Å². The summed E-state index contributed by atoms with van der Waals surface area (Å²) in [6, 6.07) is 13.1. The lowest BCUT2D eigenvalue weighted by atomic mass is 10.1.